The van der Waals surface area contributed by atoms with Gasteiger partial charge in [0.2, 0.25) is 0 Å². The number of hydrogen-bond donors (Lipinski definition) is 2. The highest BCUT2D eigenvalue weighted by atomic mass is 16.3. The van der Waals surface area contributed by atoms with Gasteiger partial charge in [0.05, 0.1) is 11.7 Å². The van der Waals surface area contributed by atoms with E-state index >= 15 is 0 Å². The van der Waals surface area contributed by atoms with E-state index in [0.29, 0.717) is 17.3 Å². The van der Waals surface area contributed by atoms with E-state index in [-0.39, 0.29) is 11.5 Å². The minimum Gasteiger partial charge on any atom is -0.393 e. The Morgan fingerprint density at radius 3 is 2.35 bits per heavy atom. The predicted octanol–water partition coefficient (Wildman–Crippen LogP) is 2.72. The highest BCUT2D eigenvalue weighted by Crippen LogP contribution is 2.64. The maximum absolute atomic E-state index is 11.0. The summed E-state index contributed by atoms with van der Waals surface area (Å²) in [6.07, 6.45) is 5.65. The summed E-state index contributed by atoms with van der Waals surface area (Å²) in [4.78, 5) is 0. The summed E-state index contributed by atoms with van der Waals surface area (Å²) in [5.74, 6) is 1.16. The first-order chi connectivity index (χ1) is 7.77. The Hall–Kier alpha value is -0.0800. The second-order valence-corrected chi connectivity index (χ2v) is 7.93. The van der Waals surface area contributed by atoms with Crippen molar-refractivity contribution in [2.45, 2.75) is 71.0 Å². The summed E-state index contributed by atoms with van der Waals surface area (Å²) in [6.45, 7) is 6.86. The molecule has 0 aromatic carbocycles. The van der Waals surface area contributed by atoms with Crippen LogP contribution < -0.4 is 0 Å². The molecule has 3 saturated carbocycles. The number of aliphatic hydroxyl groups excluding tert-OH is 1. The molecule has 3 aliphatic rings. The third-order valence-electron chi connectivity index (χ3n) is 6.32. The first-order valence-electron chi connectivity index (χ1n) is 7.17. The Morgan fingerprint density at radius 1 is 1.00 bits per heavy atom. The molecule has 2 bridgehead atoms. The molecule has 0 heterocycles. The smallest absolute Gasteiger partial charge is 0.0686 e. The van der Waals surface area contributed by atoms with Gasteiger partial charge in [0.25, 0.3) is 0 Å². The van der Waals surface area contributed by atoms with E-state index in [0.717, 1.165) is 25.7 Å². The average molecular weight is 238 g/mol. The van der Waals surface area contributed by atoms with Crippen LogP contribution in [0.25, 0.3) is 0 Å². The fourth-order valence-corrected chi connectivity index (χ4v) is 5.10. The Morgan fingerprint density at radius 2 is 1.71 bits per heavy atom. The summed E-state index contributed by atoms with van der Waals surface area (Å²) in [5, 5.41) is 21.2. The predicted molar refractivity (Wildman–Crippen MR) is 67.5 cm³/mol. The molecule has 2 N–H and O–H groups in total. The van der Waals surface area contributed by atoms with Gasteiger partial charge in [-0.15, -0.1) is 0 Å². The van der Waals surface area contributed by atoms with E-state index in [2.05, 4.69) is 20.8 Å². The first kappa shape index (κ1) is 12.0. The molecule has 3 rings (SSSR count). The summed E-state index contributed by atoms with van der Waals surface area (Å²) < 4.78 is 0. The number of aliphatic hydroxyl groups is 2. The molecule has 0 aromatic rings. The number of hydrogen-bond acceptors (Lipinski definition) is 2. The summed E-state index contributed by atoms with van der Waals surface area (Å²) in [6, 6.07) is 0. The first-order valence-corrected chi connectivity index (χ1v) is 7.17. The summed E-state index contributed by atoms with van der Waals surface area (Å²) in [7, 11) is 0. The Kier molecular flexibility index (Phi) is 2.30. The van der Waals surface area contributed by atoms with Gasteiger partial charge in [-0.25, -0.2) is 0 Å². The molecule has 0 aliphatic heterocycles. The molecule has 3 aliphatic carbocycles. The minimum absolute atomic E-state index is 0.0413. The SMILES string of the molecule is CC1(C)C[C@@H]2[C@H]1CC[C@@]1(C)C[C@@]2(O)CC[C@H]1O. The van der Waals surface area contributed by atoms with Crippen LogP contribution in [0, 0.1) is 22.7 Å². The molecule has 0 aromatic heterocycles. The second kappa shape index (κ2) is 3.27. The molecule has 5 atom stereocenters. The van der Waals surface area contributed by atoms with Crippen molar-refractivity contribution in [1.29, 1.82) is 0 Å². The second-order valence-electron chi connectivity index (χ2n) is 7.93. The zero-order valence-corrected chi connectivity index (χ0v) is 11.4. The zero-order chi connectivity index (χ0) is 12.5. The molecule has 98 valence electrons. The Balaban J connectivity index is 1.93. The van der Waals surface area contributed by atoms with Crippen LogP contribution in [0.2, 0.25) is 0 Å². The van der Waals surface area contributed by atoms with Crippen molar-refractivity contribution in [2.24, 2.45) is 22.7 Å². The molecule has 0 unspecified atom stereocenters. The fourth-order valence-electron chi connectivity index (χ4n) is 5.10. The highest BCUT2D eigenvalue weighted by Gasteiger charge is 2.61. The monoisotopic (exact) mass is 238 g/mol. The van der Waals surface area contributed by atoms with Crippen molar-refractivity contribution in [3.63, 3.8) is 0 Å². The average Bonchev–Trinajstić information content (AvgIpc) is 2.28. The molecular weight excluding hydrogens is 212 g/mol. The Bertz CT molecular complexity index is 338. The zero-order valence-electron chi connectivity index (χ0n) is 11.4. The molecule has 0 spiro atoms. The van der Waals surface area contributed by atoms with E-state index in [4.69, 9.17) is 0 Å². The summed E-state index contributed by atoms with van der Waals surface area (Å²) >= 11 is 0. The lowest BCUT2D eigenvalue weighted by Crippen LogP contribution is -2.57. The number of fused-ring (bicyclic) bond motifs is 4. The summed E-state index contributed by atoms with van der Waals surface area (Å²) in [5.41, 5.74) is -0.121. The molecule has 0 saturated heterocycles. The van der Waals surface area contributed by atoms with E-state index in [1.165, 1.54) is 12.8 Å². The quantitative estimate of drug-likeness (QED) is 0.681. The van der Waals surface area contributed by atoms with Crippen molar-refractivity contribution >= 4 is 0 Å². The van der Waals surface area contributed by atoms with Gasteiger partial charge in [-0.05, 0) is 61.2 Å². The van der Waals surface area contributed by atoms with Crippen molar-refractivity contribution in [3.05, 3.63) is 0 Å². The van der Waals surface area contributed by atoms with Crippen LogP contribution in [0.5, 0.6) is 0 Å². The lowest BCUT2D eigenvalue weighted by molar-refractivity contribution is -0.176. The van der Waals surface area contributed by atoms with Crippen molar-refractivity contribution < 1.29 is 10.2 Å². The van der Waals surface area contributed by atoms with Crippen LogP contribution in [-0.2, 0) is 0 Å². The van der Waals surface area contributed by atoms with Gasteiger partial charge >= 0.3 is 0 Å². The van der Waals surface area contributed by atoms with Crippen LogP contribution in [-0.4, -0.2) is 21.9 Å². The van der Waals surface area contributed by atoms with Crippen molar-refractivity contribution in [2.75, 3.05) is 0 Å². The van der Waals surface area contributed by atoms with Gasteiger partial charge in [0, 0.05) is 0 Å². The minimum atomic E-state index is -0.481. The van der Waals surface area contributed by atoms with Gasteiger partial charge in [-0.1, -0.05) is 20.8 Å². The lowest BCUT2D eigenvalue weighted by atomic mass is 9.49. The molecule has 0 amide bonds. The normalized spacial score (nSPS) is 56.6. The van der Waals surface area contributed by atoms with Crippen LogP contribution in [0.1, 0.15) is 59.3 Å². The third-order valence-corrected chi connectivity index (χ3v) is 6.32. The van der Waals surface area contributed by atoms with E-state index in [1.807, 2.05) is 0 Å². The highest BCUT2D eigenvalue weighted by molar-refractivity contribution is 5.12. The van der Waals surface area contributed by atoms with E-state index < -0.39 is 5.60 Å². The van der Waals surface area contributed by atoms with Crippen LogP contribution in [0.3, 0.4) is 0 Å². The lowest BCUT2D eigenvalue weighted by Gasteiger charge is -2.58. The van der Waals surface area contributed by atoms with Crippen LogP contribution in [0.15, 0.2) is 0 Å². The molecule has 17 heavy (non-hydrogen) atoms. The van der Waals surface area contributed by atoms with Gasteiger partial charge in [0.1, 0.15) is 0 Å². The maximum atomic E-state index is 11.0. The number of rotatable bonds is 0. The van der Waals surface area contributed by atoms with E-state index in [9.17, 15) is 10.2 Å². The third kappa shape index (κ3) is 1.53. The largest absolute Gasteiger partial charge is 0.393 e. The van der Waals surface area contributed by atoms with Gasteiger partial charge in [0.15, 0.2) is 0 Å². The molecule has 0 radical (unpaired) electrons. The molecular formula is C15H26O2. The van der Waals surface area contributed by atoms with Gasteiger partial charge < -0.3 is 10.2 Å². The van der Waals surface area contributed by atoms with Crippen molar-refractivity contribution in [3.8, 4) is 0 Å². The Labute approximate surface area is 104 Å². The van der Waals surface area contributed by atoms with Crippen LogP contribution >= 0.6 is 0 Å². The maximum Gasteiger partial charge on any atom is 0.0686 e. The van der Waals surface area contributed by atoms with Gasteiger partial charge in [-0.2, -0.15) is 0 Å². The topological polar surface area (TPSA) is 40.5 Å². The van der Waals surface area contributed by atoms with Gasteiger partial charge in [-0.3, -0.25) is 0 Å². The molecule has 2 heteroatoms. The van der Waals surface area contributed by atoms with Crippen LogP contribution in [0.4, 0.5) is 0 Å². The molecule has 3 fully saturated rings. The standard InChI is InChI=1S/C15H26O2/c1-13(2)8-11-10(13)4-6-14(3)9-15(11,17)7-5-12(14)16/h10-12,16-17H,4-9H2,1-3H3/t10-,11-,12-,14+,15+/m1/s1. The van der Waals surface area contributed by atoms with E-state index in [1.54, 1.807) is 0 Å². The molecule has 2 nitrogen and oxygen atoms in total. The van der Waals surface area contributed by atoms with Crippen molar-refractivity contribution in [1.82, 2.24) is 0 Å². The fraction of sp³-hybridized carbons (Fsp3) is 1.00.